The van der Waals surface area contributed by atoms with E-state index in [4.69, 9.17) is 0 Å². The summed E-state index contributed by atoms with van der Waals surface area (Å²) in [5.41, 5.74) is 1.27. The number of nitrogens with one attached hydrogen (secondary N) is 1. The predicted octanol–water partition coefficient (Wildman–Crippen LogP) is 1.85. The first kappa shape index (κ1) is 8.60. The molecule has 0 aromatic carbocycles. The van der Waals surface area contributed by atoms with Crippen molar-refractivity contribution in [2.75, 3.05) is 0 Å². The van der Waals surface area contributed by atoms with Gasteiger partial charge in [0.2, 0.25) is 0 Å². The highest BCUT2D eigenvalue weighted by Gasteiger charge is 2.25. The van der Waals surface area contributed by atoms with E-state index in [1.54, 1.807) is 10.7 Å². The Morgan fingerprint density at radius 3 is 3.00 bits per heavy atom. The number of hydrogen-bond donors (Lipinski definition) is 1. The number of aromatic amines is 1. The molecule has 1 aliphatic carbocycles. The van der Waals surface area contributed by atoms with Crippen LogP contribution in [0.25, 0.3) is 0 Å². The summed E-state index contributed by atoms with van der Waals surface area (Å²) in [7, 11) is 0. The first-order valence-corrected chi connectivity index (χ1v) is 5.11. The normalized spacial score (nSPS) is 16.4. The van der Waals surface area contributed by atoms with E-state index in [9.17, 15) is 4.79 Å². The maximum absolute atomic E-state index is 11.4. The summed E-state index contributed by atoms with van der Waals surface area (Å²) in [5.74, 6) is 0.649. The van der Waals surface area contributed by atoms with Crippen LogP contribution in [0, 0.1) is 0 Å². The molecular weight excluding hydrogens is 164 g/mol. The van der Waals surface area contributed by atoms with Gasteiger partial charge in [-0.3, -0.25) is 14.6 Å². The van der Waals surface area contributed by atoms with Crippen LogP contribution in [-0.2, 0) is 6.54 Å². The standard InChI is InChI=1S/C10H16N2O/c1-2-3-6-12-10(13)7-9(11-12)8-4-5-8/h7-8,11H,2-6H2,1H3. The van der Waals surface area contributed by atoms with Crippen LogP contribution in [0.15, 0.2) is 10.9 Å². The molecule has 0 spiro atoms. The monoisotopic (exact) mass is 180 g/mol. The topological polar surface area (TPSA) is 37.8 Å². The van der Waals surface area contributed by atoms with Gasteiger partial charge in [0.15, 0.2) is 0 Å². The van der Waals surface area contributed by atoms with Crippen LogP contribution in [0.2, 0.25) is 0 Å². The Labute approximate surface area is 77.7 Å². The van der Waals surface area contributed by atoms with Gasteiger partial charge in [-0.2, -0.15) is 0 Å². The molecule has 1 saturated carbocycles. The molecule has 0 bridgehead atoms. The number of nitrogens with zero attached hydrogens (tertiary/aromatic N) is 1. The minimum Gasteiger partial charge on any atom is -0.299 e. The van der Waals surface area contributed by atoms with E-state index < -0.39 is 0 Å². The number of H-pyrrole nitrogens is 1. The first-order chi connectivity index (χ1) is 6.31. The summed E-state index contributed by atoms with van der Waals surface area (Å²) in [6.45, 7) is 2.97. The van der Waals surface area contributed by atoms with Gasteiger partial charge in [0.05, 0.1) is 0 Å². The fourth-order valence-corrected chi connectivity index (χ4v) is 1.54. The molecule has 0 saturated heterocycles. The van der Waals surface area contributed by atoms with E-state index in [1.807, 2.05) is 0 Å². The SMILES string of the molecule is CCCCn1[nH]c(C2CC2)cc1=O. The van der Waals surface area contributed by atoms with Crippen molar-refractivity contribution in [1.29, 1.82) is 0 Å². The third-order valence-corrected chi connectivity index (χ3v) is 2.56. The van der Waals surface area contributed by atoms with Gasteiger partial charge in [-0.1, -0.05) is 13.3 Å². The van der Waals surface area contributed by atoms with Crippen molar-refractivity contribution in [2.45, 2.75) is 45.1 Å². The third kappa shape index (κ3) is 1.85. The van der Waals surface area contributed by atoms with Gasteiger partial charge < -0.3 is 0 Å². The minimum absolute atomic E-state index is 0.135. The lowest BCUT2D eigenvalue weighted by Gasteiger charge is -1.99. The maximum Gasteiger partial charge on any atom is 0.266 e. The second-order valence-electron chi connectivity index (χ2n) is 3.83. The predicted molar refractivity (Wildman–Crippen MR) is 51.9 cm³/mol. The van der Waals surface area contributed by atoms with Crippen LogP contribution in [-0.4, -0.2) is 9.78 Å². The molecule has 0 unspecified atom stereocenters. The zero-order valence-corrected chi connectivity index (χ0v) is 8.05. The molecule has 13 heavy (non-hydrogen) atoms. The van der Waals surface area contributed by atoms with E-state index in [-0.39, 0.29) is 5.56 Å². The summed E-state index contributed by atoms with van der Waals surface area (Å²) >= 11 is 0. The Hall–Kier alpha value is -0.990. The molecule has 2 rings (SSSR count). The van der Waals surface area contributed by atoms with Gasteiger partial charge in [-0.15, -0.1) is 0 Å². The van der Waals surface area contributed by atoms with Gasteiger partial charge in [-0.05, 0) is 19.3 Å². The van der Waals surface area contributed by atoms with Crippen molar-refractivity contribution in [1.82, 2.24) is 9.78 Å². The summed E-state index contributed by atoms with van der Waals surface area (Å²) in [6, 6.07) is 1.76. The van der Waals surface area contributed by atoms with Crippen molar-refractivity contribution in [3.8, 4) is 0 Å². The number of aryl methyl sites for hydroxylation is 1. The zero-order chi connectivity index (χ0) is 9.26. The number of unbranched alkanes of at least 4 members (excludes halogenated alkanes) is 1. The highest BCUT2D eigenvalue weighted by Crippen LogP contribution is 2.38. The molecule has 1 aromatic rings. The molecule has 0 radical (unpaired) electrons. The van der Waals surface area contributed by atoms with Gasteiger partial charge in [0.1, 0.15) is 0 Å². The highest BCUT2D eigenvalue weighted by molar-refractivity contribution is 5.12. The average molecular weight is 180 g/mol. The Morgan fingerprint density at radius 1 is 1.62 bits per heavy atom. The molecular formula is C10H16N2O. The number of aromatic nitrogens is 2. The molecule has 72 valence electrons. The molecule has 0 atom stereocenters. The molecule has 1 aromatic heterocycles. The molecule has 1 heterocycles. The summed E-state index contributed by atoms with van der Waals surface area (Å²) < 4.78 is 1.73. The summed E-state index contributed by atoms with van der Waals surface area (Å²) in [6.07, 6.45) is 4.69. The van der Waals surface area contributed by atoms with Gasteiger partial charge in [-0.25, -0.2) is 0 Å². The molecule has 0 aliphatic heterocycles. The Morgan fingerprint density at radius 2 is 2.38 bits per heavy atom. The van der Waals surface area contributed by atoms with Crippen molar-refractivity contribution in [3.63, 3.8) is 0 Å². The lowest BCUT2D eigenvalue weighted by Crippen LogP contribution is -2.15. The Bertz CT molecular complexity index is 333. The van der Waals surface area contributed by atoms with Crippen molar-refractivity contribution in [2.24, 2.45) is 0 Å². The van der Waals surface area contributed by atoms with Crippen LogP contribution >= 0.6 is 0 Å². The van der Waals surface area contributed by atoms with Crippen LogP contribution in [0.4, 0.5) is 0 Å². The fourth-order valence-electron chi connectivity index (χ4n) is 1.54. The lowest BCUT2D eigenvalue weighted by molar-refractivity contribution is 0.551. The van der Waals surface area contributed by atoms with Crippen molar-refractivity contribution < 1.29 is 0 Å². The van der Waals surface area contributed by atoms with E-state index in [2.05, 4.69) is 12.0 Å². The minimum atomic E-state index is 0.135. The van der Waals surface area contributed by atoms with E-state index in [1.165, 1.54) is 12.8 Å². The molecule has 0 amide bonds. The summed E-state index contributed by atoms with van der Waals surface area (Å²) in [5, 5.41) is 3.18. The zero-order valence-electron chi connectivity index (χ0n) is 8.05. The van der Waals surface area contributed by atoms with Gasteiger partial charge in [0.25, 0.3) is 5.56 Å². The van der Waals surface area contributed by atoms with Crippen molar-refractivity contribution in [3.05, 3.63) is 22.1 Å². The van der Waals surface area contributed by atoms with E-state index in [0.717, 1.165) is 25.1 Å². The van der Waals surface area contributed by atoms with Crippen LogP contribution in [0.3, 0.4) is 0 Å². The van der Waals surface area contributed by atoms with Crippen LogP contribution in [0.1, 0.15) is 44.2 Å². The average Bonchev–Trinajstić information content (AvgIpc) is 2.89. The summed E-state index contributed by atoms with van der Waals surface area (Å²) in [4.78, 5) is 11.4. The third-order valence-electron chi connectivity index (χ3n) is 2.56. The van der Waals surface area contributed by atoms with Gasteiger partial charge >= 0.3 is 0 Å². The van der Waals surface area contributed by atoms with Crippen molar-refractivity contribution >= 4 is 0 Å². The molecule has 1 fully saturated rings. The second kappa shape index (κ2) is 3.40. The fraction of sp³-hybridized carbons (Fsp3) is 0.700. The molecule has 3 nitrogen and oxygen atoms in total. The maximum atomic E-state index is 11.4. The Kier molecular flexibility index (Phi) is 2.25. The van der Waals surface area contributed by atoms with E-state index in [0.29, 0.717) is 5.92 Å². The quantitative estimate of drug-likeness (QED) is 0.754. The van der Waals surface area contributed by atoms with Gasteiger partial charge in [0, 0.05) is 24.2 Å². The Balaban J connectivity index is 2.11. The molecule has 3 heteroatoms. The first-order valence-electron chi connectivity index (χ1n) is 5.11. The number of rotatable bonds is 4. The smallest absolute Gasteiger partial charge is 0.266 e. The largest absolute Gasteiger partial charge is 0.299 e. The van der Waals surface area contributed by atoms with Crippen LogP contribution < -0.4 is 5.56 Å². The number of hydrogen-bond acceptors (Lipinski definition) is 1. The van der Waals surface area contributed by atoms with Crippen LogP contribution in [0.5, 0.6) is 0 Å². The molecule has 1 N–H and O–H groups in total. The lowest BCUT2D eigenvalue weighted by atomic mass is 10.3. The second-order valence-corrected chi connectivity index (χ2v) is 3.83. The molecule has 1 aliphatic rings. The van der Waals surface area contributed by atoms with E-state index >= 15 is 0 Å². The highest BCUT2D eigenvalue weighted by atomic mass is 16.1.